The molecule has 0 fully saturated rings. The lowest BCUT2D eigenvalue weighted by Gasteiger charge is -2.16. The van der Waals surface area contributed by atoms with Gasteiger partial charge in [-0.3, -0.25) is 0 Å². The molecular formula is C17H23N3O. The molecule has 0 aliphatic heterocycles. The van der Waals surface area contributed by atoms with Gasteiger partial charge >= 0.3 is 0 Å². The molecule has 4 nitrogen and oxygen atoms in total. The molecule has 0 aliphatic rings. The van der Waals surface area contributed by atoms with E-state index in [2.05, 4.69) is 42.1 Å². The van der Waals surface area contributed by atoms with Crippen LogP contribution in [0, 0.1) is 0 Å². The van der Waals surface area contributed by atoms with Gasteiger partial charge in [-0.2, -0.15) is 0 Å². The van der Waals surface area contributed by atoms with Crippen LogP contribution in [0.15, 0.2) is 30.6 Å². The molecule has 0 spiro atoms. The summed E-state index contributed by atoms with van der Waals surface area (Å²) in [4.78, 5) is 8.60. The summed E-state index contributed by atoms with van der Waals surface area (Å²) < 4.78 is 6.11. The second-order valence-corrected chi connectivity index (χ2v) is 5.30. The van der Waals surface area contributed by atoms with Gasteiger partial charge in [0.15, 0.2) is 0 Å². The molecule has 4 heteroatoms. The van der Waals surface area contributed by atoms with E-state index >= 15 is 0 Å². The lowest BCUT2D eigenvalue weighted by molar-refractivity contribution is 0.446. The van der Waals surface area contributed by atoms with Crippen LogP contribution in [-0.4, -0.2) is 17.0 Å². The monoisotopic (exact) mass is 285 g/mol. The summed E-state index contributed by atoms with van der Waals surface area (Å²) in [5, 5.41) is 3.11. The Morgan fingerprint density at radius 3 is 2.62 bits per heavy atom. The van der Waals surface area contributed by atoms with Crippen molar-refractivity contribution in [3.8, 4) is 11.6 Å². The van der Waals surface area contributed by atoms with Crippen molar-refractivity contribution in [3.05, 3.63) is 41.7 Å². The number of rotatable bonds is 6. The standard InChI is InChI=1S/C17H23N3O/c1-5-8-14-16(18-4)19-11-20-17(14)21-15-10-7-6-9-13(15)12(2)3/h6-7,9-12H,5,8H2,1-4H3,(H,18,19,20). The highest BCUT2D eigenvalue weighted by Gasteiger charge is 2.14. The molecule has 0 saturated carbocycles. The third kappa shape index (κ3) is 3.51. The van der Waals surface area contributed by atoms with Gasteiger partial charge in [0.1, 0.15) is 17.9 Å². The summed E-state index contributed by atoms with van der Waals surface area (Å²) >= 11 is 0. The van der Waals surface area contributed by atoms with E-state index in [0.717, 1.165) is 30.0 Å². The molecule has 0 aliphatic carbocycles. The van der Waals surface area contributed by atoms with E-state index in [9.17, 15) is 0 Å². The largest absolute Gasteiger partial charge is 0.438 e. The first-order chi connectivity index (χ1) is 10.2. The van der Waals surface area contributed by atoms with Crippen molar-refractivity contribution in [1.82, 2.24) is 9.97 Å². The molecule has 0 amide bonds. The van der Waals surface area contributed by atoms with Crippen LogP contribution in [-0.2, 0) is 6.42 Å². The highest BCUT2D eigenvalue weighted by atomic mass is 16.5. The van der Waals surface area contributed by atoms with E-state index in [4.69, 9.17) is 4.74 Å². The summed E-state index contributed by atoms with van der Waals surface area (Å²) in [6, 6.07) is 8.11. The van der Waals surface area contributed by atoms with Gasteiger partial charge in [-0.05, 0) is 24.0 Å². The minimum absolute atomic E-state index is 0.404. The summed E-state index contributed by atoms with van der Waals surface area (Å²) in [7, 11) is 1.87. The normalized spacial score (nSPS) is 10.7. The molecule has 1 heterocycles. The van der Waals surface area contributed by atoms with Crippen LogP contribution in [0.25, 0.3) is 0 Å². The fourth-order valence-electron chi connectivity index (χ4n) is 2.33. The van der Waals surface area contributed by atoms with Crippen LogP contribution in [0.2, 0.25) is 0 Å². The first-order valence-corrected chi connectivity index (χ1v) is 7.45. The maximum atomic E-state index is 6.11. The van der Waals surface area contributed by atoms with Crippen LogP contribution in [0.1, 0.15) is 44.2 Å². The lowest BCUT2D eigenvalue weighted by atomic mass is 10.0. The first kappa shape index (κ1) is 15.3. The summed E-state index contributed by atoms with van der Waals surface area (Å²) in [6.07, 6.45) is 3.44. The minimum atomic E-state index is 0.404. The number of ether oxygens (including phenoxy) is 1. The van der Waals surface area contributed by atoms with Gasteiger partial charge in [-0.15, -0.1) is 0 Å². The summed E-state index contributed by atoms with van der Waals surface area (Å²) in [6.45, 7) is 6.46. The molecule has 1 aromatic carbocycles. The molecule has 0 atom stereocenters. The van der Waals surface area contributed by atoms with Crippen molar-refractivity contribution >= 4 is 5.82 Å². The quantitative estimate of drug-likeness (QED) is 0.855. The number of anilines is 1. The molecule has 0 radical (unpaired) electrons. The van der Waals surface area contributed by atoms with Crippen molar-refractivity contribution in [1.29, 1.82) is 0 Å². The number of nitrogens with zero attached hydrogens (tertiary/aromatic N) is 2. The van der Waals surface area contributed by atoms with Gasteiger partial charge in [0.2, 0.25) is 5.88 Å². The topological polar surface area (TPSA) is 47.0 Å². The van der Waals surface area contributed by atoms with Crippen molar-refractivity contribution in [2.45, 2.75) is 39.5 Å². The Morgan fingerprint density at radius 1 is 1.19 bits per heavy atom. The average molecular weight is 285 g/mol. The Balaban J connectivity index is 2.40. The molecular weight excluding hydrogens is 262 g/mol. The minimum Gasteiger partial charge on any atom is -0.438 e. The van der Waals surface area contributed by atoms with Crippen LogP contribution in [0.5, 0.6) is 11.6 Å². The SMILES string of the molecule is CCCc1c(NC)ncnc1Oc1ccccc1C(C)C. The molecule has 0 unspecified atom stereocenters. The van der Waals surface area contributed by atoms with Crippen LogP contribution in [0.4, 0.5) is 5.82 Å². The van der Waals surface area contributed by atoms with E-state index in [1.165, 1.54) is 11.9 Å². The average Bonchev–Trinajstić information content (AvgIpc) is 2.49. The zero-order chi connectivity index (χ0) is 15.2. The molecule has 2 aromatic rings. The smallest absolute Gasteiger partial charge is 0.227 e. The number of nitrogens with one attached hydrogen (secondary N) is 1. The second kappa shape index (κ2) is 7.07. The van der Waals surface area contributed by atoms with Crippen molar-refractivity contribution < 1.29 is 4.74 Å². The predicted octanol–water partition coefficient (Wildman–Crippen LogP) is 4.39. The van der Waals surface area contributed by atoms with Crippen LogP contribution in [0.3, 0.4) is 0 Å². The van der Waals surface area contributed by atoms with Gasteiger partial charge in [0, 0.05) is 7.05 Å². The van der Waals surface area contributed by atoms with Crippen molar-refractivity contribution in [2.24, 2.45) is 0 Å². The maximum absolute atomic E-state index is 6.11. The van der Waals surface area contributed by atoms with Crippen molar-refractivity contribution in [2.75, 3.05) is 12.4 Å². The molecule has 0 saturated heterocycles. The number of hydrogen-bond acceptors (Lipinski definition) is 4. The molecule has 1 aromatic heterocycles. The Kier molecular flexibility index (Phi) is 5.14. The van der Waals surface area contributed by atoms with E-state index in [1.807, 2.05) is 25.2 Å². The zero-order valence-electron chi connectivity index (χ0n) is 13.2. The molecule has 2 rings (SSSR count). The number of benzene rings is 1. The molecule has 1 N–H and O–H groups in total. The Morgan fingerprint density at radius 2 is 1.95 bits per heavy atom. The summed E-state index contributed by atoms with van der Waals surface area (Å²) in [5.74, 6) is 2.75. The zero-order valence-corrected chi connectivity index (χ0v) is 13.2. The highest BCUT2D eigenvalue weighted by Crippen LogP contribution is 2.32. The Hall–Kier alpha value is -2.10. The molecule has 21 heavy (non-hydrogen) atoms. The molecule has 0 bridgehead atoms. The van der Waals surface area contributed by atoms with Crippen LogP contribution >= 0.6 is 0 Å². The Bertz CT molecular complexity index is 596. The number of hydrogen-bond donors (Lipinski definition) is 1. The van der Waals surface area contributed by atoms with Gasteiger partial charge in [0.25, 0.3) is 0 Å². The fraction of sp³-hybridized carbons (Fsp3) is 0.412. The van der Waals surface area contributed by atoms with Gasteiger partial charge in [-0.25, -0.2) is 9.97 Å². The highest BCUT2D eigenvalue weighted by molar-refractivity contribution is 5.50. The van der Waals surface area contributed by atoms with E-state index in [-0.39, 0.29) is 0 Å². The Labute approximate surface area is 126 Å². The fourth-order valence-corrected chi connectivity index (χ4v) is 2.33. The summed E-state index contributed by atoms with van der Waals surface area (Å²) in [5.41, 5.74) is 2.21. The predicted molar refractivity (Wildman–Crippen MR) is 86.2 cm³/mol. The van der Waals surface area contributed by atoms with E-state index < -0.39 is 0 Å². The van der Waals surface area contributed by atoms with E-state index in [1.54, 1.807) is 0 Å². The van der Waals surface area contributed by atoms with Gasteiger partial charge in [0.05, 0.1) is 5.56 Å². The number of aromatic nitrogens is 2. The third-order valence-electron chi connectivity index (χ3n) is 3.39. The van der Waals surface area contributed by atoms with Crippen molar-refractivity contribution in [3.63, 3.8) is 0 Å². The molecule has 112 valence electrons. The first-order valence-electron chi connectivity index (χ1n) is 7.45. The number of para-hydroxylation sites is 1. The third-order valence-corrected chi connectivity index (χ3v) is 3.39. The maximum Gasteiger partial charge on any atom is 0.227 e. The van der Waals surface area contributed by atoms with E-state index in [0.29, 0.717) is 11.8 Å². The van der Waals surface area contributed by atoms with Gasteiger partial charge in [-0.1, -0.05) is 45.4 Å². The lowest BCUT2D eigenvalue weighted by Crippen LogP contribution is -2.04. The second-order valence-electron chi connectivity index (χ2n) is 5.30. The van der Waals surface area contributed by atoms with Crippen LogP contribution < -0.4 is 10.1 Å². The van der Waals surface area contributed by atoms with Gasteiger partial charge < -0.3 is 10.1 Å².